The summed E-state index contributed by atoms with van der Waals surface area (Å²) in [5.74, 6) is 0. The van der Waals surface area contributed by atoms with Gasteiger partial charge in [-0.2, -0.15) is 0 Å². The molecule has 2 aromatic rings. The first kappa shape index (κ1) is 14.3. The summed E-state index contributed by atoms with van der Waals surface area (Å²) in [7, 11) is 0. The molecular formula is C14H20N2. The van der Waals surface area contributed by atoms with Crippen LogP contribution in [0.1, 0.15) is 25.0 Å². The second kappa shape index (κ2) is 9.84. The fourth-order valence-corrected chi connectivity index (χ4v) is 0.853. The van der Waals surface area contributed by atoms with Crippen molar-refractivity contribution in [1.82, 2.24) is 9.97 Å². The fourth-order valence-electron chi connectivity index (χ4n) is 0.853. The van der Waals surface area contributed by atoms with Gasteiger partial charge in [0.05, 0.1) is 0 Å². The van der Waals surface area contributed by atoms with Crippen molar-refractivity contribution < 1.29 is 0 Å². The highest BCUT2D eigenvalue weighted by atomic mass is 14.6. The van der Waals surface area contributed by atoms with Gasteiger partial charge in [0.1, 0.15) is 0 Å². The van der Waals surface area contributed by atoms with Crippen LogP contribution in [-0.4, -0.2) is 9.97 Å². The molecule has 2 nitrogen and oxygen atoms in total. The maximum Gasteiger partial charge on any atom is 0.0270 e. The fraction of sp³-hybridized carbons (Fsp3) is 0.286. The quantitative estimate of drug-likeness (QED) is 0.669. The van der Waals surface area contributed by atoms with E-state index in [1.807, 2.05) is 52.0 Å². The number of rotatable bonds is 0. The van der Waals surface area contributed by atoms with E-state index in [0.717, 1.165) is 0 Å². The Morgan fingerprint density at radius 3 is 1.00 bits per heavy atom. The standard InChI is InChI=1S/2C6H7N.C2H6/c2*1-6-2-4-7-5-3-6;1-2/h2*2-5H,1H3;1-2H3. The summed E-state index contributed by atoms with van der Waals surface area (Å²) in [5, 5.41) is 0. The number of hydrogen-bond acceptors (Lipinski definition) is 2. The molecular weight excluding hydrogens is 196 g/mol. The van der Waals surface area contributed by atoms with Crippen molar-refractivity contribution in [2.45, 2.75) is 27.7 Å². The molecule has 0 aliphatic heterocycles. The predicted molar refractivity (Wildman–Crippen MR) is 69.3 cm³/mol. The molecule has 2 heteroatoms. The van der Waals surface area contributed by atoms with E-state index in [9.17, 15) is 0 Å². The van der Waals surface area contributed by atoms with Crippen LogP contribution in [0, 0.1) is 13.8 Å². The smallest absolute Gasteiger partial charge is 0.0270 e. The molecule has 2 aromatic heterocycles. The van der Waals surface area contributed by atoms with Crippen molar-refractivity contribution >= 4 is 0 Å². The monoisotopic (exact) mass is 216 g/mol. The van der Waals surface area contributed by atoms with Gasteiger partial charge in [-0.3, -0.25) is 9.97 Å². The first-order valence-corrected chi connectivity index (χ1v) is 5.52. The Bertz CT molecular complexity index is 306. The molecule has 0 aliphatic rings. The lowest BCUT2D eigenvalue weighted by molar-refractivity contribution is 1.29. The lowest BCUT2D eigenvalue weighted by Gasteiger charge is -1.82. The van der Waals surface area contributed by atoms with Crippen molar-refractivity contribution in [2.24, 2.45) is 0 Å². The van der Waals surface area contributed by atoms with Crippen LogP contribution in [0.4, 0.5) is 0 Å². The molecule has 0 bridgehead atoms. The molecule has 0 N–H and O–H groups in total. The Balaban J connectivity index is 0.000000244. The Hall–Kier alpha value is -1.70. The molecule has 0 aromatic carbocycles. The molecule has 0 unspecified atom stereocenters. The van der Waals surface area contributed by atoms with Crippen molar-refractivity contribution in [1.29, 1.82) is 0 Å². The topological polar surface area (TPSA) is 25.8 Å². The van der Waals surface area contributed by atoms with Gasteiger partial charge >= 0.3 is 0 Å². The minimum absolute atomic E-state index is 1.26. The number of hydrogen-bond donors (Lipinski definition) is 0. The van der Waals surface area contributed by atoms with Gasteiger partial charge in [0.25, 0.3) is 0 Å². The third kappa shape index (κ3) is 7.68. The van der Waals surface area contributed by atoms with E-state index in [1.165, 1.54) is 11.1 Å². The van der Waals surface area contributed by atoms with Crippen LogP contribution in [0.5, 0.6) is 0 Å². The van der Waals surface area contributed by atoms with E-state index >= 15 is 0 Å². The van der Waals surface area contributed by atoms with Crippen molar-refractivity contribution in [3.05, 3.63) is 60.2 Å². The second-order valence-electron chi connectivity index (χ2n) is 3.05. The van der Waals surface area contributed by atoms with Gasteiger partial charge < -0.3 is 0 Å². The van der Waals surface area contributed by atoms with Crippen LogP contribution < -0.4 is 0 Å². The Morgan fingerprint density at radius 1 is 0.625 bits per heavy atom. The molecule has 0 fully saturated rings. The minimum atomic E-state index is 1.26. The Kier molecular flexibility index (Phi) is 8.79. The maximum absolute atomic E-state index is 3.85. The van der Waals surface area contributed by atoms with E-state index in [2.05, 4.69) is 9.97 Å². The van der Waals surface area contributed by atoms with E-state index < -0.39 is 0 Å². The Morgan fingerprint density at radius 2 is 0.875 bits per heavy atom. The zero-order valence-corrected chi connectivity index (χ0v) is 10.5. The lowest BCUT2D eigenvalue weighted by Crippen LogP contribution is -1.68. The van der Waals surface area contributed by atoms with Gasteiger partial charge in [0.15, 0.2) is 0 Å². The van der Waals surface area contributed by atoms with Crippen molar-refractivity contribution in [3.8, 4) is 0 Å². The number of aromatic nitrogens is 2. The minimum Gasteiger partial charge on any atom is -0.265 e. The van der Waals surface area contributed by atoms with E-state index in [1.54, 1.807) is 24.8 Å². The molecule has 0 saturated carbocycles. The summed E-state index contributed by atoms with van der Waals surface area (Å²) in [6, 6.07) is 7.89. The number of pyridine rings is 2. The first-order valence-electron chi connectivity index (χ1n) is 5.52. The maximum atomic E-state index is 3.85. The third-order valence-corrected chi connectivity index (χ3v) is 1.69. The molecule has 0 saturated heterocycles. The van der Waals surface area contributed by atoms with Gasteiger partial charge in [-0.05, 0) is 49.2 Å². The average Bonchev–Trinajstić information content (AvgIpc) is 2.34. The number of nitrogens with zero attached hydrogens (tertiary/aromatic N) is 2. The van der Waals surface area contributed by atoms with E-state index in [4.69, 9.17) is 0 Å². The molecule has 0 atom stereocenters. The zero-order chi connectivity index (χ0) is 12.2. The normalized spacial score (nSPS) is 8.00. The average molecular weight is 216 g/mol. The molecule has 86 valence electrons. The summed E-state index contributed by atoms with van der Waals surface area (Å²) in [4.78, 5) is 7.69. The molecule has 0 radical (unpaired) electrons. The van der Waals surface area contributed by atoms with E-state index in [0.29, 0.717) is 0 Å². The number of aryl methyl sites for hydroxylation is 2. The zero-order valence-electron chi connectivity index (χ0n) is 10.5. The van der Waals surface area contributed by atoms with Crippen LogP contribution in [0.25, 0.3) is 0 Å². The third-order valence-electron chi connectivity index (χ3n) is 1.69. The van der Waals surface area contributed by atoms with Gasteiger partial charge in [-0.15, -0.1) is 0 Å². The van der Waals surface area contributed by atoms with Crippen LogP contribution in [0.3, 0.4) is 0 Å². The Labute approximate surface area is 98.4 Å². The van der Waals surface area contributed by atoms with Crippen molar-refractivity contribution in [3.63, 3.8) is 0 Å². The van der Waals surface area contributed by atoms with Crippen LogP contribution in [0.15, 0.2) is 49.1 Å². The molecule has 16 heavy (non-hydrogen) atoms. The van der Waals surface area contributed by atoms with Gasteiger partial charge in [0, 0.05) is 24.8 Å². The van der Waals surface area contributed by atoms with Crippen LogP contribution in [-0.2, 0) is 0 Å². The van der Waals surface area contributed by atoms with E-state index in [-0.39, 0.29) is 0 Å². The predicted octanol–water partition coefficient (Wildman–Crippen LogP) is 3.81. The molecule has 2 heterocycles. The lowest BCUT2D eigenvalue weighted by atomic mass is 10.3. The highest BCUT2D eigenvalue weighted by Gasteiger charge is 1.73. The van der Waals surface area contributed by atoms with Crippen LogP contribution in [0.2, 0.25) is 0 Å². The van der Waals surface area contributed by atoms with Crippen LogP contribution >= 0.6 is 0 Å². The summed E-state index contributed by atoms with van der Waals surface area (Å²) in [5.41, 5.74) is 2.52. The van der Waals surface area contributed by atoms with Crippen molar-refractivity contribution in [2.75, 3.05) is 0 Å². The molecule has 2 rings (SSSR count). The second-order valence-corrected chi connectivity index (χ2v) is 3.05. The highest BCUT2D eigenvalue weighted by molar-refractivity contribution is 5.06. The summed E-state index contributed by atoms with van der Waals surface area (Å²) in [6.45, 7) is 8.09. The SMILES string of the molecule is CC.Cc1ccncc1.Cc1ccncc1. The van der Waals surface area contributed by atoms with Gasteiger partial charge in [-0.1, -0.05) is 13.8 Å². The summed E-state index contributed by atoms with van der Waals surface area (Å²) < 4.78 is 0. The summed E-state index contributed by atoms with van der Waals surface area (Å²) in [6.07, 6.45) is 7.15. The highest BCUT2D eigenvalue weighted by Crippen LogP contribution is 1.89. The molecule has 0 aliphatic carbocycles. The summed E-state index contributed by atoms with van der Waals surface area (Å²) >= 11 is 0. The molecule has 0 amide bonds. The van der Waals surface area contributed by atoms with Gasteiger partial charge in [0.2, 0.25) is 0 Å². The first-order chi connectivity index (χ1) is 7.79. The largest absolute Gasteiger partial charge is 0.265 e. The molecule has 0 spiro atoms. The van der Waals surface area contributed by atoms with Gasteiger partial charge in [-0.25, -0.2) is 0 Å².